The fraction of sp³-hybridized carbons (Fsp3) is 0.625. The van der Waals surface area contributed by atoms with Gasteiger partial charge in [-0.15, -0.1) is 0 Å². The summed E-state index contributed by atoms with van der Waals surface area (Å²) in [6, 6.07) is 0. The number of hydrogen-bond acceptors (Lipinski definition) is 4. The minimum atomic E-state index is -1.16. The molecule has 1 aliphatic rings. The lowest BCUT2D eigenvalue weighted by Crippen LogP contribution is -2.32. The molecule has 0 spiro atoms. The van der Waals surface area contributed by atoms with Crippen molar-refractivity contribution in [1.82, 2.24) is 4.90 Å². The number of carboxylic acids is 2. The second-order valence-electron chi connectivity index (χ2n) is 3.55. The first-order chi connectivity index (χ1) is 6.91. The Balaban J connectivity index is 2.69. The van der Waals surface area contributed by atoms with Gasteiger partial charge in [0.05, 0.1) is 18.4 Å². The molecule has 84 valence electrons. The molecule has 15 heavy (non-hydrogen) atoms. The molecule has 4 N–H and O–H groups in total. The van der Waals surface area contributed by atoms with Crippen LogP contribution in [0.15, 0.2) is 0 Å². The number of primary amides is 1. The predicted molar refractivity (Wildman–Crippen MR) is 47.9 cm³/mol. The van der Waals surface area contributed by atoms with E-state index in [-0.39, 0.29) is 19.6 Å². The fourth-order valence-electron chi connectivity index (χ4n) is 1.74. The van der Waals surface area contributed by atoms with E-state index < -0.39 is 29.7 Å². The third-order valence-corrected chi connectivity index (χ3v) is 2.41. The summed E-state index contributed by atoms with van der Waals surface area (Å²) in [6.45, 7) is -0.00194. The van der Waals surface area contributed by atoms with E-state index >= 15 is 0 Å². The molecule has 0 aromatic carbocycles. The van der Waals surface area contributed by atoms with Crippen LogP contribution < -0.4 is 5.73 Å². The number of carbonyl (C=O) groups is 3. The quantitative estimate of drug-likeness (QED) is 0.509. The van der Waals surface area contributed by atoms with Crippen LogP contribution >= 0.6 is 0 Å². The highest BCUT2D eigenvalue weighted by Crippen LogP contribution is 2.23. The molecular weight excluding hydrogens is 204 g/mol. The number of rotatable bonds is 4. The molecule has 0 aliphatic carbocycles. The van der Waals surface area contributed by atoms with Crippen molar-refractivity contribution in [2.24, 2.45) is 17.6 Å². The molecule has 0 aromatic rings. The Hall–Kier alpha value is -1.63. The summed E-state index contributed by atoms with van der Waals surface area (Å²) in [5, 5.41) is 17.6. The van der Waals surface area contributed by atoms with E-state index in [9.17, 15) is 14.4 Å². The molecule has 2 atom stereocenters. The molecular formula is C8H12N2O5. The van der Waals surface area contributed by atoms with E-state index in [4.69, 9.17) is 15.9 Å². The largest absolute Gasteiger partial charge is 0.481 e. The van der Waals surface area contributed by atoms with Crippen LogP contribution in [0.25, 0.3) is 0 Å². The number of aliphatic carboxylic acids is 2. The summed E-state index contributed by atoms with van der Waals surface area (Å²) < 4.78 is 0. The van der Waals surface area contributed by atoms with Crippen molar-refractivity contribution in [2.45, 2.75) is 0 Å². The topological polar surface area (TPSA) is 121 Å². The number of hydrogen-bond donors (Lipinski definition) is 3. The van der Waals surface area contributed by atoms with Gasteiger partial charge in [0.1, 0.15) is 0 Å². The van der Waals surface area contributed by atoms with Crippen LogP contribution in [-0.4, -0.2) is 52.6 Å². The first-order valence-corrected chi connectivity index (χ1v) is 4.38. The number of nitrogens with two attached hydrogens (primary N) is 1. The van der Waals surface area contributed by atoms with Gasteiger partial charge in [-0.2, -0.15) is 0 Å². The molecule has 1 heterocycles. The summed E-state index contributed by atoms with van der Waals surface area (Å²) in [4.78, 5) is 33.5. The highest BCUT2D eigenvalue weighted by molar-refractivity contribution is 5.82. The molecule has 0 bridgehead atoms. The van der Waals surface area contributed by atoms with Gasteiger partial charge in [0, 0.05) is 13.1 Å². The monoisotopic (exact) mass is 216 g/mol. The van der Waals surface area contributed by atoms with Gasteiger partial charge in [-0.1, -0.05) is 0 Å². The van der Waals surface area contributed by atoms with Crippen LogP contribution in [0.2, 0.25) is 0 Å². The van der Waals surface area contributed by atoms with Crippen LogP contribution in [-0.2, 0) is 14.4 Å². The molecule has 7 nitrogen and oxygen atoms in total. The van der Waals surface area contributed by atoms with Gasteiger partial charge in [0.15, 0.2) is 0 Å². The molecule has 0 unspecified atom stereocenters. The number of carboxylic acid groups (broad SMARTS) is 2. The van der Waals surface area contributed by atoms with Crippen molar-refractivity contribution in [1.29, 1.82) is 0 Å². The standard InChI is InChI=1S/C8H12N2O5/c9-6(11)3-10-1-4(7(12)13)5(2-10)8(14)15/h4-5H,1-3H2,(H2,9,11)(H,12,13)(H,14,15)/t4-,5-/m0/s1. The maximum absolute atomic E-state index is 10.7. The summed E-state index contributed by atoms with van der Waals surface area (Å²) in [6.07, 6.45) is 0. The molecule has 0 saturated carbocycles. The highest BCUT2D eigenvalue weighted by atomic mass is 16.4. The molecule has 1 amide bonds. The third kappa shape index (κ3) is 2.66. The number of carbonyl (C=O) groups excluding carboxylic acids is 1. The van der Waals surface area contributed by atoms with E-state index in [1.54, 1.807) is 0 Å². The molecule has 1 aliphatic heterocycles. The zero-order valence-electron chi connectivity index (χ0n) is 7.92. The predicted octanol–water partition coefficient (Wildman–Crippen LogP) is -1.81. The Morgan fingerprint density at radius 1 is 1.13 bits per heavy atom. The lowest BCUT2D eigenvalue weighted by Gasteiger charge is -2.11. The van der Waals surface area contributed by atoms with Gasteiger partial charge in [0.2, 0.25) is 5.91 Å². The van der Waals surface area contributed by atoms with Crippen molar-refractivity contribution >= 4 is 17.8 Å². The zero-order chi connectivity index (χ0) is 11.6. The van der Waals surface area contributed by atoms with Crippen molar-refractivity contribution in [3.8, 4) is 0 Å². The average Bonchev–Trinajstić information content (AvgIpc) is 2.46. The van der Waals surface area contributed by atoms with Gasteiger partial charge in [-0.05, 0) is 0 Å². The maximum atomic E-state index is 10.7. The Labute approximate surface area is 85.5 Å². The van der Waals surface area contributed by atoms with Crippen LogP contribution in [0.5, 0.6) is 0 Å². The third-order valence-electron chi connectivity index (χ3n) is 2.41. The van der Waals surface area contributed by atoms with Crippen molar-refractivity contribution < 1.29 is 24.6 Å². The minimum Gasteiger partial charge on any atom is -0.481 e. The second-order valence-corrected chi connectivity index (χ2v) is 3.55. The van der Waals surface area contributed by atoms with Gasteiger partial charge in [-0.25, -0.2) is 0 Å². The molecule has 1 rings (SSSR count). The van der Waals surface area contributed by atoms with Crippen molar-refractivity contribution in [3.05, 3.63) is 0 Å². The summed E-state index contributed by atoms with van der Waals surface area (Å²) >= 11 is 0. The van der Waals surface area contributed by atoms with E-state index in [0.717, 1.165) is 0 Å². The van der Waals surface area contributed by atoms with Gasteiger partial charge in [0.25, 0.3) is 0 Å². The lowest BCUT2D eigenvalue weighted by molar-refractivity contribution is -0.151. The van der Waals surface area contributed by atoms with Gasteiger partial charge < -0.3 is 15.9 Å². The first kappa shape index (κ1) is 11.4. The zero-order valence-corrected chi connectivity index (χ0v) is 7.92. The Bertz CT molecular complexity index is 281. The Kier molecular flexibility index (Phi) is 3.25. The van der Waals surface area contributed by atoms with Crippen LogP contribution in [0.4, 0.5) is 0 Å². The van der Waals surface area contributed by atoms with Crippen LogP contribution in [0, 0.1) is 11.8 Å². The minimum absolute atomic E-state index is 0.0508. The molecule has 0 radical (unpaired) electrons. The summed E-state index contributed by atoms with van der Waals surface area (Å²) in [7, 11) is 0. The summed E-state index contributed by atoms with van der Waals surface area (Å²) in [5.41, 5.74) is 4.94. The normalized spacial score (nSPS) is 26.4. The average molecular weight is 216 g/mol. The first-order valence-electron chi connectivity index (χ1n) is 4.38. The molecule has 1 saturated heterocycles. The Morgan fingerprint density at radius 2 is 1.53 bits per heavy atom. The second kappa shape index (κ2) is 4.26. The number of nitrogens with zero attached hydrogens (tertiary/aromatic N) is 1. The Morgan fingerprint density at radius 3 is 1.80 bits per heavy atom. The van der Waals surface area contributed by atoms with Gasteiger partial charge >= 0.3 is 11.9 Å². The summed E-state index contributed by atoms with van der Waals surface area (Å²) in [5.74, 6) is -4.85. The van der Waals surface area contributed by atoms with E-state index in [1.165, 1.54) is 4.90 Å². The molecule has 1 fully saturated rings. The molecule has 0 aromatic heterocycles. The smallest absolute Gasteiger partial charge is 0.308 e. The fourth-order valence-corrected chi connectivity index (χ4v) is 1.74. The number of amides is 1. The number of likely N-dealkylation sites (tertiary alicyclic amines) is 1. The van der Waals surface area contributed by atoms with Crippen molar-refractivity contribution in [3.63, 3.8) is 0 Å². The van der Waals surface area contributed by atoms with Crippen molar-refractivity contribution in [2.75, 3.05) is 19.6 Å². The molecule has 7 heteroatoms. The van der Waals surface area contributed by atoms with Crippen LogP contribution in [0.3, 0.4) is 0 Å². The highest BCUT2D eigenvalue weighted by Gasteiger charge is 2.42. The lowest BCUT2D eigenvalue weighted by atomic mass is 9.97. The SMILES string of the molecule is NC(=O)CN1C[C@H](C(=O)O)[C@@H](C(=O)O)C1. The van der Waals surface area contributed by atoms with E-state index in [2.05, 4.69) is 0 Å². The van der Waals surface area contributed by atoms with E-state index in [0.29, 0.717) is 0 Å². The van der Waals surface area contributed by atoms with Crippen LogP contribution in [0.1, 0.15) is 0 Å². The van der Waals surface area contributed by atoms with E-state index in [1.807, 2.05) is 0 Å². The van der Waals surface area contributed by atoms with Gasteiger partial charge in [-0.3, -0.25) is 19.3 Å². The maximum Gasteiger partial charge on any atom is 0.308 e.